The molecular formula is C15H15BrClN3O. The Bertz CT molecular complexity index is 631. The zero-order valence-electron chi connectivity index (χ0n) is 11.7. The predicted molar refractivity (Wildman–Crippen MR) is 87.4 cm³/mol. The number of hydrogen-bond acceptors (Lipinski definition) is 3. The van der Waals surface area contributed by atoms with Crippen LogP contribution in [-0.4, -0.2) is 15.9 Å². The summed E-state index contributed by atoms with van der Waals surface area (Å²) >= 11 is 9.17. The molecule has 1 N–H and O–H groups in total. The largest absolute Gasteiger partial charge is 0.310 e. The molecule has 0 saturated carbocycles. The summed E-state index contributed by atoms with van der Waals surface area (Å²) in [7, 11) is 0. The molecule has 2 rings (SSSR count). The van der Waals surface area contributed by atoms with E-state index in [1.807, 2.05) is 19.9 Å². The minimum Gasteiger partial charge on any atom is -0.310 e. The standard InChI is InChI=1S/C15H15BrClN3O/c1-9(2)14(10-5-11(16)7-18-6-10)15(21)20-13-4-3-12(17)8-19-13/h3-9,14H,1-2H3,(H,19,20,21). The van der Waals surface area contributed by atoms with Crippen molar-refractivity contribution >= 4 is 39.3 Å². The Morgan fingerprint density at radius 2 is 2.05 bits per heavy atom. The fourth-order valence-corrected chi connectivity index (χ4v) is 2.59. The number of nitrogens with one attached hydrogen (secondary N) is 1. The van der Waals surface area contributed by atoms with Crippen molar-refractivity contribution in [1.82, 2.24) is 9.97 Å². The summed E-state index contributed by atoms with van der Waals surface area (Å²) in [6.45, 7) is 4.00. The minimum atomic E-state index is -0.299. The molecule has 21 heavy (non-hydrogen) atoms. The van der Waals surface area contributed by atoms with Gasteiger partial charge in [-0.25, -0.2) is 4.98 Å². The molecule has 1 unspecified atom stereocenters. The summed E-state index contributed by atoms with van der Waals surface area (Å²) in [5, 5.41) is 3.35. The van der Waals surface area contributed by atoms with Gasteiger partial charge in [0.05, 0.1) is 10.9 Å². The first kappa shape index (κ1) is 15.9. The van der Waals surface area contributed by atoms with Crippen LogP contribution in [-0.2, 0) is 4.79 Å². The average Bonchev–Trinajstić information content (AvgIpc) is 2.41. The number of pyridine rings is 2. The highest BCUT2D eigenvalue weighted by atomic mass is 79.9. The van der Waals surface area contributed by atoms with E-state index < -0.39 is 0 Å². The fourth-order valence-electron chi connectivity index (χ4n) is 2.09. The fraction of sp³-hybridized carbons (Fsp3) is 0.267. The third-order valence-electron chi connectivity index (χ3n) is 3.01. The zero-order chi connectivity index (χ0) is 15.4. The lowest BCUT2D eigenvalue weighted by Gasteiger charge is -2.20. The van der Waals surface area contributed by atoms with Crippen LogP contribution in [0, 0.1) is 5.92 Å². The molecule has 0 bridgehead atoms. The smallest absolute Gasteiger partial charge is 0.233 e. The van der Waals surface area contributed by atoms with Crippen molar-refractivity contribution in [2.45, 2.75) is 19.8 Å². The molecule has 0 radical (unpaired) electrons. The van der Waals surface area contributed by atoms with E-state index in [1.54, 1.807) is 24.5 Å². The molecule has 0 aromatic carbocycles. The van der Waals surface area contributed by atoms with Crippen LogP contribution in [0.15, 0.2) is 41.3 Å². The molecule has 2 aromatic heterocycles. The average molecular weight is 369 g/mol. The van der Waals surface area contributed by atoms with Gasteiger partial charge in [-0.3, -0.25) is 9.78 Å². The van der Waals surface area contributed by atoms with Crippen LogP contribution in [0.25, 0.3) is 0 Å². The molecule has 0 saturated heterocycles. The van der Waals surface area contributed by atoms with E-state index in [0.717, 1.165) is 10.0 Å². The first-order valence-electron chi connectivity index (χ1n) is 6.50. The van der Waals surface area contributed by atoms with Gasteiger partial charge in [0, 0.05) is 23.1 Å². The molecule has 1 atom stereocenters. The highest BCUT2D eigenvalue weighted by Crippen LogP contribution is 2.27. The minimum absolute atomic E-state index is 0.111. The van der Waals surface area contributed by atoms with Crippen molar-refractivity contribution < 1.29 is 4.79 Å². The van der Waals surface area contributed by atoms with Gasteiger partial charge in [0.15, 0.2) is 0 Å². The van der Waals surface area contributed by atoms with E-state index >= 15 is 0 Å². The molecule has 0 fully saturated rings. The molecule has 1 amide bonds. The molecule has 0 aliphatic carbocycles. The number of carbonyl (C=O) groups is 1. The Kier molecular flexibility index (Phi) is 5.31. The number of rotatable bonds is 4. The van der Waals surface area contributed by atoms with Gasteiger partial charge < -0.3 is 5.32 Å². The maximum Gasteiger partial charge on any atom is 0.233 e. The van der Waals surface area contributed by atoms with Gasteiger partial charge in [-0.15, -0.1) is 0 Å². The Hall–Kier alpha value is -1.46. The molecule has 0 aliphatic heterocycles. The number of amides is 1. The third-order valence-corrected chi connectivity index (χ3v) is 3.67. The first-order valence-corrected chi connectivity index (χ1v) is 7.67. The second-order valence-corrected chi connectivity index (χ2v) is 6.36. The van der Waals surface area contributed by atoms with E-state index in [9.17, 15) is 4.79 Å². The van der Waals surface area contributed by atoms with Crippen LogP contribution < -0.4 is 5.32 Å². The highest BCUT2D eigenvalue weighted by molar-refractivity contribution is 9.10. The van der Waals surface area contributed by atoms with Gasteiger partial charge in [-0.2, -0.15) is 0 Å². The quantitative estimate of drug-likeness (QED) is 0.876. The van der Waals surface area contributed by atoms with Gasteiger partial charge in [-0.1, -0.05) is 25.4 Å². The molecule has 2 aromatic rings. The molecule has 110 valence electrons. The summed E-state index contributed by atoms with van der Waals surface area (Å²) in [5.74, 6) is 0.207. The van der Waals surface area contributed by atoms with Crippen LogP contribution >= 0.6 is 27.5 Å². The Morgan fingerprint density at radius 1 is 1.29 bits per heavy atom. The second kappa shape index (κ2) is 7.00. The Morgan fingerprint density at radius 3 is 2.62 bits per heavy atom. The maximum absolute atomic E-state index is 12.5. The maximum atomic E-state index is 12.5. The van der Waals surface area contributed by atoms with Gasteiger partial charge in [0.2, 0.25) is 5.91 Å². The van der Waals surface area contributed by atoms with Gasteiger partial charge in [-0.05, 0) is 45.6 Å². The van der Waals surface area contributed by atoms with Crippen LogP contribution in [0.2, 0.25) is 5.02 Å². The number of hydrogen-bond donors (Lipinski definition) is 1. The molecule has 4 nitrogen and oxygen atoms in total. The predicted octanol–water partition coefficient (Wildman–Crippen LogP) is 4.27. The number of aromatic nitrogens is 2. The van der Waals surface area contributed by atoms with Crippen molar-refractivity contribution in [2.75, 3.05) is 5.32 Å². The van der Waals surface area contributed by atoms with E-state index in [-0.39, 0.29) is 17.7 Å². The van der Waals surface area contributed by atoms with E-state index in [4.69, 9.17) is 11.6 Å². The molecular weight excluding hydrogens is 354 g/mol. The summed E-state index contributed by atoms with van der Waals surface area (Å²) in [6.07, 6.45) is 4.91. The highest BCUT2D eigenvalue weighted by Gasteiger charge is 2.25. The number of nitrogens with zero attached hydrogens (tertiary/aromatic N) is 2. The molecule has 2 heterocycles. The van der Waals surface area contributed by atoms with Crippen LogP contribution in [0.5, 0.6) is 0 Å². The van der Waals surface area contributed by atoms with Crippen LogP contribution in [0.1, 0.15) is 25.3 Å². The molecule has 0 spiro atoms. The van der Waals surface area contributed by atoms with E-state index in [2.05, 4.69) is 31.2 Å². The number of carbonyl (C=O) groups excluding carboxylic acids is 1. The Labute approximate surface area is 137 Å². The molecule has 0 aliphatic rings. The summed E-state index contributed by atoms with van der Waals surface area (Å²) in [4.78, 5) is 20.7. The van der Waals surface area contributed by atoms with E-state index in [0.29, 0.717) is 10.8 Å². The number of anilines is 1. The summed E-state index contributed by atoms with van der Waals surface area (Å²) < 4.78 is 0.850. The SMILES string of the molecule is CC(C)C(C(=O)Nc1ccc(Cl)cn1)c1cncc(Br)c1. The van der Waals surface area contributed by atoms with Crippen molar-refractivity contribution in [3.05, 3.63) is 51.8 Å². The lowest BCUT2D eigenvalue weighted by molar-refractivity contribution is -0.118. The van der Waals surface area contributed by atoms with Gasteiger partial charge in [0.1, 0.15) is 5.82 Å². The van der Waals surface area contributed by atoms with E-state index in [1.165, 1.54) is 6.20 Å². The van der Waals surface area contributed by atoms with Gasteiger partial charge in [0.25, 0.3) is 0 Å². The third kappa shape index (κ3) is 4.25. The van der Waals surface area contributed by atoms with Crippen molar-refractivity contribution in [1.29, 1.82) is 0 Å². The van der Waals surface area contributed by atoms with Crippen LogP contribution in [0.4, 0.5) is 5.82 Å². The second-order valence-electron chi connectivity index (χ2n) is 5.01. The first-order chi connectivity index (χ1) is 9.97. The van der Waals surface area contributed by atoms with Crippen molar-refractivity contribution in [3.8, 4) is 0 Å². The Balaban J connectivity index is 2.22. The van der Waals surface area contributed by atoms with Crippen molar-refractivity contribution in [2.24, 2.45) is 5.92 Å². The zero-order valence-corrected chi connectivity index (χ0v) is 14.0. The lowest BCUT2D eigenvalue weighted by atomic mass is 9.88. The lowest BCUT2D eigenvalue weighted by Crippen LogP contribution is -2.25. The summed E-state index contributed by atoms with van der Waals surface area (Å²) in [5.41, 5.74) is 0.867. The normalized spacial score (nSPS) is 12.2. The monoisotopic (exact) mass is 367 g/mol. The van der Waals surface area contributed by atoms with Crippen molar-refractivity contribution in [3.63, 3.8) is 0 Å². The summed E-state index contributed by atoms with van der Waals surface area (Å²) in [6, 6.07) is 5.28. The molecule has 6 heteroatoms. The topological polar surface area (TPSA) is 54.9 Å². The van der Waals surface area contributed by atoms with Gasteiger partial charge >= 0.3 is 0 Å². The number of halogens is 2. The van der Waals surface area contributed by atoms with Crippen LogP contribution in [0.3, 0.4) is 0 Å².